The van der Waals surface area contributed by atoms with E-state index in [9.17, 15) is 14.7 Å². The quantitative estimate of drug-likeness (QED) is 0.205. The molecule has 1 saturated heterocycles. The summed E-state index contributed by atoms with van der Waals surface area (Å²) in [7, 11) is 1.40. The van der Waals surface area contributed by atoms with E-state index in [0.29, 0.717) is 82.4 Å². The lowest BCUT2D eigenvalue weighted by Gasteiger charge is -2.30. The Morgan fingerprint density at radius 1 is 1.10 bits per heavy atom. The molecule has 5 rings (SSSR count). The number of nitrogens with one attached hydrogen (secondary N) is 1. The second-order valence-corrected chi connectivity index (χ2v) is 10.5. The van der Waals surface area contributed by atoms with Crippen LogP contribution in [0, 0.1) is 11.7 Å². The van der Waals surface area contributed by atoms with Crippen LogP contribution in [0.5, 0.6) is 5.88 Å². The van der Waals surface area contributed by atoms with Crippen molar-refractivity contribution in [2.24, 2.45) is 5.92 Å². The molecule has 3 heterocycles. The summed E-state index contributed by atoms with van der Waals surface area (Å²) in [6, 6.07) is 12.2. The van der Waals surface area contributed by atoms with Crippen LogP contribution in [-0.4, -0.2) is 57.4 Å². The Bertz CT molecular complexity index is 1650. The first kappa shape index (κ1) is 29.4. The Morgan fingerprint density at radius 2 is 1.79 bits per heavy atom. The Balaban J connectivity index is 1.40. The molecular formula is C30H26Cl2FN5O4. The summed E-state index contributed by atoms with van der Waals surface area (Å²) in [6.45, 7) is 1.50. The Kier molecular flexibility index (Phi) is 8.96. The first-order valence-electron chi connectivity index (χ1n) is 13.1. The fourth-order valence-corrected chi connectivity index (χ4v) is 5.52. The van der Waals surface area contributed by atoms with E-state index in [1.165, 1.54) is 19.5 Å². The number of aldehydes is 1. The van der Waals surface area contributed by atoms with Crippen molar-refractivity contribution in [3.63, 3.8) is 0 Å². The normalized spacial score (nSPS) is 14.0. The summed E-state index contributed by atoms with van der Waals surface area (Å²) >= 11 is 13.7. The smallest absolute Gasteiger partial charge is 0.306 e. The van der Waals surface area contributed by atoms with Crippen LogP contribution in [0.2, 0.25) is 10.0 Å². The molecule has 0 bridgehead atoms. The summed E-state index contributed by atoms with van der Waals surface area (Å²) in [6.07, 6.45) is 4.58. The lowest BCUT2D eigenvalue weighted by Crippen LogP contribution is -2.36. The molecule has 2 aromatic carbocycles. The van der Waals surface area contributed by atoms with E-state index < -0.39 is 11.8 Å². The molecule has 0 radical (unpaired) electrons. The number of hydrogen-bond acceptors (Lipinski definition) is 8. The number of halogens is 3. The van der Waals surface area contributed by atoms with Crippen LogP contribution in [0.1, 0.15) is 28.9 Å². The van der Waals surface area contributed by atoms with Crippen molar-refractivity contribution in [1.29, 1.82) is 0 Å². The molecule has 42 heavy (non-hydrogen) atoms. The molecule has 2 N–H and O–H groups in total. The fourth-order valence-electron chi connectivity index (χ4n) is 4.92. The number of anilines is 2. The fraction of sp³-hybridized carbons (Fsp3) is 0.233. The zero-order valence-electron chi connectivity index (χ0n) is 22.5. The highest BCUT2D eigenvalue weighted by Crippen LogP contribution is 2.42. The third-order valence-electron chi connectivity index (χ3n) is 7.19. The average molecular weight is 610 g/mol. The molecule has 2 aromatic heterocycles. The molecule has 1 fully saturated rings. The number of carbonyl (C=O) groups excluding carboxylic acids is 1. The molecule has 4 aromatic rings. The van der Waals surface area contributed by atoms with Crippen molar-refractivity contribution in [2.45, 2.75) is 19.4 Å². The number of aliphatic carboxylic acids is 1. The molecule has 0 saturated carbocycles. The summed E-state index contributed by atoms with van der Waals surface area (Å²) in [5, 5.41) is 12.9. The van der Waals surface area contributed by atoms with E-state index in [-0.39, 0.29) is 23.3 Å². The molecule has 0 amide bonds. The highest BCUT2D eigenvalue weighted by atomic mass is 35.5. The van der Waals surface area contributed by atoms with Crippen LogP contribution < -0.4 is 10.1 Å². The Hall–Kier alpha value is -4.12. The van der Waals surface area contributed by atoms with E-state index in [1.54, 1.807) is 42.5 Å². The maximum Gasteiger partial charge on any atom is 0.306 e. The predicted molar refractivity (Wildman–Crippen MR) is 158 cm³/mol. The van der Waals surface area contributed by atoms with Gasteiger partial charge in [0.05, 0.1) is 40.7 Å². The highest BCUT2D eigenvalue weighted by molar-refractivity contribution is 6.39. The Morgan fingerprint density at radius 3 is 2.48 bits per heavy atom. The van der Waals surface area contributed by atoms with Gasteiger partial charge in [-0.05, 0) is 38.1 Å². The first-order valence-corrected chi connectivity index (χ1v) is 13.9. The molecule has 1 aliphatic rings. The Labute approximate surface area is 251 Å². The number of likely N-dealkylation sites (tertiary alicyclic amines) is 1. The van der Waals surface area contributed by atoms with Crippen LogP contribution in [0.3, 0.4) is 0 Å². The third kappa shape index (κ3) is 6.06. The SMILES string of the molecule is COc1nc(-c2cccc(-c3cccc(Nc4nccc(CN5CCC(C(=O)O)CC5)c4F)c3Cl)c2Cl)cnc1C=O. The number of carboxylic acids is 1. The number of pyridine rings is 1. The van der Waals surface area contributed by atoms with Crippen LogP contribution in [0.25, 0.3) is 22.4 Å². The topological polar surface area (TPSA) is 118 Å². The molecule has 12 heteroatoms. The van der Waals surface area contributed by atoms with Gasteiger partial charge in [-0.1, -0.05) is 53.5 Å². The van der Waals surface area contributed by atoms with Gasteiger partial charge in [0.25, 0.3) is 0 Å². The zero-order chi connectivity index (χ0) is 29.8. The molecule has 0 aliphatic carbocycles. The molecule has 0 unspecified atom stereocenters. The van der Waals surface area contributed by atoms with Gasteiger partial charge in [0.15, 0.2) is 23.6 Å². The van der Waals surface area contributed by atoms with Gasteiger partial charge in [-0.15, -0.1) is 0 Å². The minimum atomic E-state index is -0.787. The van der Waals surface area contributed by atoms with Crippen molar-refractivity contribution in [3.05, 3.63) is 82.0 Å². The minimum Gasteiger partial charge on any atom is -0.481 e. The molecule has 216 valence electrons. The van der Waals surface area contributed by atoms with Crippen LogP contribution in [0.4, 0.5) is 15.9 Å². The number of aromatic nitrogens is 3. The van der Waals surface area contributed by atoms with Crippen molar-refractivity contribution < 1.29 is 23.8 Å². The number of benzene rings is 2. The van der Waals surface area contributed by atoms with Gasteiger partial charge in [-0.25, -0.2) is 19.3 Å². The number of rotatable bonds is 9. The van der Waals surface area contributed by atoms with Crippen molar-refractivity contribution in [3.8, 4) is 28.3 Å². The number of hydrogen-bond donors (Lipinski definition) is 2. The summed E-state index contributed by atoms with van der Waals surface area (Å²) in [5.74, 6) is -1.56. The minimum absolute atomic E-state index is 0.0180. The van der Waals surface area contributed by atoms with Gasteiger partial charge >= 0.3 is 5.97 Å². The standard InChI is InChI=1S/C30H26Cl2FN5O4/c1-42-29-24(16-39)35-14-23(37-29)21-6-2-4-19(25(21)31)20-5-3-7-22(26(20)32)36-28-27(33)18(8-11-34-28)15-38-12-9-17(10-13-38)30(40)41/h2-8,11,14,16-17H,9-10,12-13,15H2,1H3,(H,34,36)(H,40,41). The number of carboxylic acid groups (broad SMARTS) is 1. The van der Waals surface area contributed by atoms with Gasteiger partial charge in [0.1, 0.15) is 0 Å². The molecular weight excluding hydrogens is 584 g/mol. The molecule has 0 spiro atoms. The monoisotopic (exact) mass is 609 g/mol. The summed E-state index contributed by atoms with van der Waals surface area (Å²) in [5.41, 5.74) is 3.11. The van der Waals surface area contributed by atoms with Gasteiger partial charge in [-0.2, -0.15) is 0 Å². The van der Waals surface area contributed by atoms with Crippen LogP contribution in [-0.2, 0) is 11.3 Å². The van der Waals surface area contributed by atoms with Gasteiger partial charge in [0.2, 0.25) is 5.88 Å². The average Bonchev–Trinajstić information content (AvgIpc) is 3.00. The second-order valence-electron chi connectivity index (χ2n) is 9.75. The number of nitrogens with zero attached hydrogens (tertiary/aromatic N) is 4. The van der Waals surface area contributed by atoms with Crippen molar-refractivity contribution >= 4 is 47.0 Å². The molecule has 9 nitrogen and oxygen atoms in total. The summed E-state index contributed by atoms with van der Waals surface area (Å²) < 4.78 is 20.7. The van der Waals surface area contributed by atoms with Gasteiger partial charge < -0.3 is 15.2 Å². The van der Waals surface area contributed by atoms with Crippen molar-refractivity contribution in [2.75, 3.05) is 25.5 Å². The van der Waals surface area contributed by atoms with Crippen LogP contribution >= 0.6 is 23.2 Å². The number of carbonyl (C=O) groups is 2. The van der Waals surface area contributed by atoms with Crippen LogP contribution in [0.15, 0.2) is 54.9 Å². The summed E-state index contributed by atoms with van der Waals surface area (Å²) in [4.78, 5) is 37.2. The van der Waals surface area contributed by atoms with Gasteiger partial charge in [0, 0.05) is 35.0 Å². The largest absolute Gasteiger partial charge is 0.481 e. The number of methoxy groups -OCH3 is 1. The number of piperidine rings is 1. The zero-order valence-corrected chi connectivity index (χ0v) is 24.0. The van der Waals surface area contributed by atoms with Crippen molar-refractivity contribution in [1.82, 2.24) is 19.9 Å². The molecule has 1 aliphatic heterocycles. The van der Waals surface area contributed by atoms with Gasteiger partial charge in [-0.3, -0.25) is 14.5 Å². The molecule has 0 atom stereocenters. The first-order chi connectivity index (χ1) is 20.3. The predicted octanol–water partition coefficient (Wildman–Crippen LogP) is 6.51. The lowest BCUT2D eigenvalue weighted by atomic mass is 9.97. The maximum absolute atomic E-state index is 15.5. The number of ether oxygens (including phenoxy) is 1. The highest BCUT2D eigenvalue weighted by Gasteiger charge is 2.25. The van der Waals surface area contributed by atoms with E-state index >= 15 is 4.39 Å². The lowest BCUT2D eigenvalue weighted by molar-refractivity contribution is -0.143. The van der Waals surface area contributed by atoms with E-state index in [1.807, 2.05) is 4.90 Å². The van der Waals surface area contributed by atoms with E-state index in [0.717, 1.165) is 0 Å². The second kappa shape index (κ2) is 12.8. The third-order valence-corrected chi connectivity index (χ3v) is 8.00. The van der Waals surface area contributed by atoms with E-state index in [4.69, 9.17) is 27.9 Å². The van der Waals surface area contributed by atoms with E-state index in [2.05, 4.69) is 20.3 Å². The maximum atomic E-state index is 15.5.